The van der Waals surface area contributed by atoms with Crippen molar-refractivity contribution in [3.05, 3.63) is 29.8 Å². The maximum Gasteiger partial charge on any atom is 0.338 e. The fraction of sp³-hybridized carbons (Fsp3) is 0.500. The third kappa shape index (κ3) is 2.94. The van der Waals surface area contributed by atoms with Gasteiger partial charge in [0.15, 0.2) is 5.11 Å². The second-order valence-electron chi connectivity index (χ2n) is 5.79. The van der Waals surface area contributed by atoms with Crippen LogP contribution in [0.15, 0.2) is 24.3 Å². The minimum absolute atomic E-state index is 0.102. The fourth-order valence-corrected chi connectivity index (χ4v) is 3.43. The zero-order valence-electron chi connectivity index (χ0n) is 12.7. The second kappa shape index (κ2) is 6.22. The van der Waals surface area contributed by atoms with Gasteiger partial charge in [-0.05, 0) is 69.1 Å². The largest absolute Gasteiger partial charge is 0.462 e. The Morgan fingerprint density at radius 2 is 1.95 bits per heavy atom. The van der Waals surface area contributed by atoms with Crippen molar-refractivity contribution in [2.24, 2.45) is 0 Å². The maximum atomic E-state index is 11.7. The molecule has 1 spiro atoms. The van der Waals surface area contributed by atoms with E-state index in [9.17, 15) is 4.79 Å². The minimum atomic E-state index is -0.298. The molecule has 1 aliphatic heterocycles. The number of hydrogen-bond donors (Lipinski definition) is 2. The summed E-state index contributed by atoms with van der Waals surface area (Å²) in [5.41, 5.74) is 4.88. The predicted molar refractivity (Wildman–Crippen MR) is 89.6 cm³/mol. The molecule has 0 amide bonds. The normalized spacial score (nSPS) is 20.0. The molecule has 22 heavy (non-hydrogen) atoms. The van der Waals surface area contributed by atoms with E-state index in [2.05, 4.69) is 10.7 Å². The van der Waals surface area contributed by atoms with Gasteiger partial charge in [-0.25, -0.2) is 10.2 Å². The van der Waals surface area contributed by atoms with E-state index in [1.165, 1.54) is 19.3 Å². The Bertz CT molecular complexity index is 567. The van der Waals surface area contributed by atoms with Crippen LogP contribution in [0.3, 0.4) is 0 Å². The van der Waals surface area contributed by atoms with Gasteiger partial charge in [-0.2, -0.15) is 0 Å². The second-order valence-corrected chi connectivity index (χ2v) is 6.17. The molecule has 3 rings (SSSR count). The number of hydrogen-bond acceptors (Lipinski definition) is 4. The number of hydrazine groups is 1. The Balaban J connectivity index is 1.74. The van der Waals surface area contributed by atoms with Crippen LogP contribution in [0.25, 0.3) is 0 Å². The highest BCUT2D eigenvalue weighted by molar-refractivity contribution is 7.80. The molecule has 0 unspecified atom stereocenters. The van der Waals surface area contributed by atoms with Crippen molar-refractivity contribution in [2.75, 3.05) is 11.6 Å². The summed E-state index contributed by atoms with van der Waals surface area (Å²) in [7, 11) is 0. The third-order valence-electron chi connectivity index (χ3n) is 4.22. The summed E-state index contributed by atoms with van der Waals surface area (Å²) in [6, 6.07) is 7.30. The standard InChI is InChI=1S/C16H21N3O2S/c1-2-21-14(20)12-6-8-13(9-7-12)19-15(22)17-16(18-19)10-4-3-5-11-16/h6-9,18H,2-5,10-11H2,1H3,(H,17,22). The number of nitrogens with one attached hydrogen (secondary N) is 2. The molecule has 1 aromatic carbocycles. The first-order chi connectivity index (χ1) is 10.6. The zero-order chi connectivity index (χ0) is 15.6. The number of anilines is 1. The first-order valence-electron chi connectivity index (χ1n) is 7.81. The van der Waals surface area contributed by atoms with Gasteiger partial charge in [0.05, 0.1) is 17.9 Å². The van der Waals surface area contributed by atoms with E-state index in [-0.39, 0.29) is 11.6 Å². The monoisotopic (exact) mass is 319 g/mol. The molecule has 0 aromatic heterocycles. The van der Waals surface area contributed by atoms with E-state index in [1.54, 1.807) is 19.1 Å². The molecule has 2 N–H and O–H groups in total. The lowest BCUT2D eigenvalue weighted by atomic mass is 9.90. The highest BCUT2D eigenvalue weighted by Crippen LogP contribution is 2.31. The first-order valence-corrected chi connectivity index (χ1v) is 8.22. The average molecular weight is 319 g/mol. The van der Waals surface area contributed by atoms with Gasteiger partial charge in [0.25, 0.3) is 0 Å². The van der Waals surface area contributed by atoms with Crippen LogP contribution in [0.5, 0.6) is 0 Å². The van der Waals surface area contributed by atoms with E-state index < -0.39 is 0 Å². The van der Waals surface area contributed by atoms with Gasteiger partial charge in [0.2, 0.25) is 0 Å². The summed E-state index contributed by atoms with van der Waals surface area (Å²) in [6.07, 6.45) is 5.84. The van der Waals surface area contributed by atoms with Crippen LogP contribution in [0.4, 0.5) is 5.69 Å². The van der Waals surface area contributed by atoms with Crippen molar-refractivity contribution in [2.45, 2.75) is 44.7 Å². The fourth-order valence-electron chi connectivity index (χ4n) is 3.09. The lowest BCUT2D eigenvalue weighted by molar-refractivity contribution is 0.0526. The summed E-state index contributed by atoms with van der Waals surface area (Å²) in [6.45, 7) is 2.18. The Kier molecular flexibility index (Phi) is 4.31. The van der Waals surface area contributed by atoms with E-state index in [0.29, 0.717) is 17.3 Å². The molecule has 0 bridgehead atoms. The summed E-state index contributed by atoms with van der Waals surface area (Å²) < 4.78 is 5.00. The molecule has 0 radical (unpaired) electrons. The Hall–Kier alpha value is -1.66. The van der Waals surface area contributed by atoms with E-state index in [0.717, 1.165) is 18.5 Å². The summed E-state index contributed by atoms with van der Waals surface area (Å²) in [4.78, 5) is 11.7. The number of carbonyl (C=O) groups is 1. The predicted octanol–water partition coefficient (Wildman–Crippen LogP) is 2.72. The molecule has 1 heterocycles. The molecule has 2 aliphatic rings. The molecule has 1 saturated heterocycles. The van der Waals surface area contributed by atoms with Crippen LogP contribution in [0, 0.1) is 0 Å². The van der Waals surface area contributed by atoms with E-state index in [4.69, 9.17) is 17.0 Å². The molecular weight excluding hydrogens is 298 g/mol. The van der Waals surface area contributed by atoms with Crippen LogP contribution in [0.1, 0.15) is 49.4 Å². The van der Waals surface area contributed by atoms with Crippen LogP contribution < -0.4 is 15.8 Å². The quantitative estimate of drug-likeness (QED) is 0.660. The number of thiocarbonyl (C=S) groups is 1. The summed E-state index contributed by atoms with van der Waals surface area (Å²) >= 11 is 5.46. The Morgan fingerprint density at radius 3 is 2.59 bits per heavy atom. The lowest BCUT2D eigenvalue weighted by Crippen LogP contribution is -2.52. The van der Waals surface area contributed by atoms with Gasteiger partial charge in [-0.1, -0.05) is 6.42 Å². The highest BCUT2D eigenvalue weighted by Gasteiger charge is 2.41. The molecule has 5 nitrogen and oxygen atoms in total. The molecule has 2 fully saturated rings. The number of nitrogens with zero attached hydrogens (tertiary/aromatic N) is 1. The van der Waals surface area contributed by atoms with Crippen molar-refractivity contribution in [1.82, 2.24) is 10.7 Å². The van der Waals surface area contributed by atoms with Crippen LogP contribution in [0.2, 0.25) is 0 Å². The van der Waals surface area contributed by atoms with Crippen molar-refractivity contribution in [3.8, 4) is 0 Å². The number of esters is 1. The number of rotatable bonds is 3. The number of ether oxygens (including phenoxy) is 1. The molecule has 118 valence electrons. The Morgan fingerprint density at radius 1 is 1.27 bits per heavy atom. The average Bonchev–Trinajstić information content (AvgIpc) is 2.84. The number of carbonyl (C=O) groups excluding carboxylic acids is 1. The van der Waals surface area contributed by atoms with Crippen LogP contribution in [-0.2, 0) is 4.74 Å². The zero-order valence-corrected chi connectivity index (χ0v) is 13.5. The van der Waals surface area contributed by atoms with Gasteiger partial charge in [0.1, 0.15) is 5.66 Å². The van der Waals surface area contributed by atoms with Gasteiger partial charge in [-0.3, -0.25) is 5.01 Å². The smallest absolute Gasteiger partial charge is 0.338 e. The van der Waals surface area contributed by atoms with E-state index in [1.807, 2.05) is 17.1 Å². The summed E-state index contributed by atoms with van der Waals surface area (Å²) in [5, 5.41) is 6.01. The van der Waals surface area contributed by atoms with Crippen LogP contribution in [-0.4, -0.2) is 23.4 Å². The molecule has 1 aliphatic carbocycles. The minimum Gasteiger partial charge on any atom is -0.462 e. The molecule has 1 aromatic rings. The SMILES string of the molecule is CCOC(=O)c1ccc(N2NC3(CCCCC3)NC2=S)cc1. The third-order valence-corrected chi connectivity index (χ3v) is 4.50. The summed E-state index contributed by atoms with van der Waals surface area (Å²) in [5.74, 6) is -0.298. The first kappa shape index (κ1) is 15.2. The molecule has 1 saturated carbocycles. The van der Waals surface area contributed by atoms with Gasteiger partial charge >= 0.3 is 5.97 Å². The molecular formula is C16H21N3O2S. The van der Waals surface area contributed by atoms with Gasteiger partial charge in [-0.15, -0.1) is 0 Å². The van der Waals surface area contributed by atoms with Crippen molar-refractivity contribution in [3.63, 3.8) is 0 Å². The van der Waals surface area contributed by atoms with Gasteiger partial charge in [0, 0.05) is 0 Å². The number of benzene rings is 1. The maximum absolute atomic E-state index is 11.7. The van der Waals surface area contributed by atoms with Crippen molar-refractivity contribution < 1.29 is 9.53 Å². The van der Waals surface area contributed by atoms with Crippen molar-refractivity contribution >= 4 is 29.0 Å². The highest BCUT2D eigenvalue weighted by atomic mass is 32.1. The molecule has 0 atom stereocenters. The topological polar surface area (TPSA) is 53.6 Å². The Labute approximate surface area is 136 Å². The lowest BCUT2D eigenvalue weighted by Gasteiger charge is -2.33. The van der Waals surface area contributed by atoms with Gasteiger partial charge < -0.3 is 10.1 Å². The molecule has 6 heteroatoms. The van der Waals surface area contributed by atoms with Crippen molar-refractivity contribution in [1.29, 1.82) is 0 Å². The van der Waals surface area contributed by atoms with Crippen LogP contribution >= 0.6 is 12.2 Å². The van der Waals surface area contributed by atoms with E-state index >= 15 is 0 Å².